The zero-order chi connectivity index (χ0) is 13.5. The SMILES string of the molecule is CC(C)CNCC(C)C(C)N(C)CC1CCCO1. The molecule has 0 aromatic rings. The first-order chi connectivity index (χ1) is 8.50. The molecule has 0 bridgehead atoms. The predicted octanol–water partition coefficient (Wildman–Crippen LogP) is 2.37. The quantitative estimate of drug-likeness (QED) is 0.721. The lowest BCUT2D eigenvalue weighted by Crippen LogP contribution is -2.42. The molecule has 0 spiro atoms. The lowest BCUT2D eigenvalue weighted by Gasteiger charge is -2.31. The second-order valence-electron chi connectivity index (χ2n) is 6.34. The van der Waals surface area contributed by atoms with Crippen LogP contribution in [-0.4, -0.2) is 50.3 Å². The Kier molecular flexibility index (Phi) is 7.20. The van der Waals surface area contributed by atoms with Gasteiger partial charge in [0.25, 0.3) is 0 Å². The van der Waals surface area contributed by atoms with Gasteiger partial charge in [-0.05, 0) is 51.7 Å². The lowest BCUT2D eigenvalue weighted by molar-refractivity contribution is 0.0616. The fourth-order valence-corrected chi connectivity index (χ4v) is 2.48. The van der Waals surface area contributed by atoms with Crippen LogP contribution < -0.4 is 5.32 Å². The van der Waals surface area contributed by atoms with Gasteiger partial charge in [-0.3, -0.25) is 0 Å². The average molecular weight is 256 g/mol. The zero-order valence-electron chi connectivity index (χ0n) is 12.9. The zero-order valence-corrected chi connectivity index (χ0v) is 12.9. The highest BCUT2D eigenvalue weighted by atomic mass is 16.5. The Morgan fingerprint density at radius 3 is 2.50 bits per heavy atom. The summed E-state index contributed by atoms with van der Waals surface area (Å²) < 4.78 is 5.71. The van der Waals surface area contributed by atoms with Crippen LogP contribution in [0.25, 0.3) is 0 Å². The molecule has 18 heavy (non-hydrogen) atoms. The Morgan fingerprint density at radius 1 is 1.22 bits per heavy atom. The van der Waals surface area contributed by atoms with Crippen molar-refractivity contribution in [1.29, 1.82) is 0 Å². The molecule has 1 rings (SSSR count). The second kappa shape index (κ2) is 8.13. The molecule has 3 atom stereocenters. The van der Waals surface area contributed by atoms with Gasteiger partial charge in [0.1, 0.15) is 0 Å². The van der Waals surface area contributed by atoms with E-state index in [1.54, 1.807) is 0 Å². The van der Waals surface area contributed by atoms with Crippen LogP contribution in [0.4, 0.5) is 0 Å². The summed E-state index contributed by atoms with van der Waals surface area (Å²) in [7, 11) is 2.23. The van der Waals surface area contributed by atoms with Crippen molar-refractivity contribution in [3.63, 3.8) is 0 Å². The van der Waals surface area contributed by atoms with Gasteiger partial charge < -0.3 is 15.0 Å². The van der Waals surface area contributed by atoms with Crippen LogP contribution in [0.2, 0.25) is 0 Å². The minimum absolute atomic E-state index is 0.466. The molecule has 1 aliphatic heterocycles. The number of rotatable bonds is 8. The van der Waals surface area contributed by atoms with Gasteiger partial charge in [0.05, 0.1) is 6.10 Å². The number of nitrogens with one attached hydrogen (secondary N) is 1. The van der Waals surface area contributed by atoms with Crippen LogP contribution in [-0.2, 0) is 4.74 Å². The molecule has 0 amide bonds. The van der Waals surface area contributed by atoms with Gasteiger partial charge >= 0.3 is 0 Å². The smallest absolute Gasteiger partial charge is 0.0702 e. The van der Waals surface area contributed by atoms with Crippen LogP contribution in [0.3, 0.4) is 0 Å². The van der Waals surface area contributed by atoms with E-state index in [9.17, 15) is 0 Å². The Bertz CT molecular complexity index is 215. The normalized spacial score (nSPS) is 23.8. The van der Waals surface area contributed by atoms with Crippen molar-refractivity contribution >= 4 is 0 Å². The molecule has 1 saturated heterocycles. The predicted molar refractivity (Wildman–Crippen MR) is 77.9 cm³/mol. The highest BCUT2D eigenvalue weighted by molar-refractivity contribution is 4.76. The molecular formula is C15H32N2O. The molecule has 3 unspecified atom stereocenters. The first kappa shape index (κ1) is 15.9. The van der Waals surface area contributed by atoms with Crippen molar-refractivity contribution < 1.29 is 4.74 Å². The highest BCUT2D eigenvalue weighted by Crippen LogP contribution is 2.16. The first-order valence-corrected chi connectivity index (χ1v) is 7.53. The maximum atomic E-state index is 5.71. The van der Waals surface area contributed by atoms with Gasteiger partial charge in [0.15, 0.2) is 0 Å². The summed E-state index contributed by atoms with van der Waals surface area (Å²) in [6.45, 7) is 13.4. The van der Waals surface area contributed by atoms with Gasteiger partial charge in [-0.15, -0.1) is 0 Å². The van der Waals surface area contributed by atoms with Crippen molar-refractivity contribution in [2.75, 3.05) is 33.3 Å². The van der Waals surface area contributed by atoms with Crippen LogP contribution in [0.1, 0.15) is 40.5 Å². The first-order valence-electron chi connectivity index (χ1n) is 7.53. The summed E-state index contributed by atoms with van der Waals surface area (Å²) in [5.74, 6) is 1.41. The van der Waals surface area contributed by atoms with E-state index in [1.807, 2.05) is 0 Å². The summed E-state index contributed by atoms with van der Waals surface area (Å²) in [6.07, 6.45) is 2.93. The van der Waals surface area contributed by atoms with Crippen LogP contribution in [0.15, 0.2) is 0 Å². The molecule has 1 heterocycles. The molecule has 0 aromatic heterocycles. The molecule has 0 aliphatic carbocycles. The molecule has 0 aromatic carbocycles. The fraction of sp³-hybridized carbons (Fsp3) is 1.00. The number of ether oxygens (including phenoxy) is 1. The van der Waals surface area contributed by atoms with E-state index >= 15 is 0 Å². The van der Waals surface area contributed by atoms with E-state index in [0.717, 1.165) is 32.2 Å². The van der Waals surface area contributed by atoms with Crippen molar-refractivity contribution in [2.45, 2.75) is 52.7 Å². The average Bonchev–Trinajstić information content (AvgIpc) is 2.80. The van der Waals surface area contributed by atoms with Gasteiger partial charge in [-0.2, -0.15) is 0 Å². The topological polar surface area (TPSA) is 24.5 Å². The molecule has 0 saturated carbocycles. The second-order valence-corrected chi connectivity index (χ2v) is 6.34. The van der Waals surface area contributed by atoms with E-state index in [-0.39, 0.29) is 0 Å². The van der Waals surface area contributed by atoms with E-state index < -0.39 is 0 Å². The van der Waals surface area contributed by atoms with E-state index in [2.05, 4.69) is 45.0 Å². The maximum absolute atomic E-state index is 5.71. The Morgan fingerprint density at radius 2 is 1.94 bits per heavy atom. The summed E-state index contributed by atoms with van der Waals surface area (Å²) in [4.78, 5) is 2.46. The third-order valence-corrected chi connectivity index (χ3v) is 4.05. The minimum atomic E-state index is 0.466. The standard InChI is InChI=1S/C15H32N2O/c1-12(2)9-16-10-13(3)14(4)17(5)11-15-7-6-8-18-15/h12-16H,6-11H2,1-5H3. The number of likely N-dealkylation sites (N-methyl/N-ethyl adjacent to an activating group) is 1. The van der Waals surface area contributed by atoms with Crippen LogP contribution >= 0.6 is 0 Å². The molecule has 0 radical (unpaired) electrons. The largest absolute Gasteiger partial charge is 0.377 e. The van der Waals surface area contributed by atoms with Crippen molar-refractivity contribution in [3.8, 4) is 0 Å². The van der Waals surface area contributed by atoms with E-state index in [0.29, 0.717) is 18.1 Å². The van der Waals surface area contributed by atoms with Gasteiger partial charge in [0.2, 0.25) is 0 Å². The molecule has 1 N–H and O–H groups in total. The molecule has 1 fully saturated rings. The van der Waals surface area contributed by atoms with Gasteiger partial charge in [0, 0.05) is 19.2 Å². The van der Waals surface area contributed by atoms with Gasteiger partial charge in [-0.25, -0.2) is 0 Å². The van der Waals surface area contributed by atoms with E-state index in [4.69, 9.17) is 4.74 Å². The maximum Gasteiger partial charge on any atom is 0.0702 e. The van der Waals surface area contributed by atoms with E-state index in [1.165, 1.54) is 12.8 Å². The minimum Gasteiger partial charge on any atom is -0.377 e. The summed E-state index contributed by atoms with van der Waals surface area (Å²) in [6, 6.07) is 0.605. The van der Waals surface area contributed by atoms with Gasteiger partial charge in [-0.1, -0.05) is 20.8 Å². The molecule has 1 aliphatic rings. The van der Waals surface area contributed by atoms with Crippen LogP contribution in [0.5, 0.6) is 0 Å². The lowest BCUT2D eigenvalue weighted by atomic mass is 10.0. The third kappa shape index (κ3) is 5.68. The summed E-state index contributed by atoms with van der Waals surface area (Å²) in [5, 5.41) is 3.56. The molecule has 3 nitrogen and oxygen atoms in total. The highest BCUT2D eigenvalue weighted by Gasteiger charge is 2.22. The molecular weight excluding hydrogens is 224 g/mol. The van der Waals surface area contributed by atoms with Crippen molar-refractivity contribution in [2.24, 2.45) is 11.8 Å². The van der Waals surface area contributed by atoms with Crippen molar-refractivity contribution in [1.82, 2.24) is 10.2 Å². The third-order valence-electron chi connectivity index (χ3n) is 4.05. The number of hydrogen-bond acceptors (Lipinski definition) is 3. The number of nitrogens with zero attached hydrogens (tertiary/aromatic N) is 1. The molecule has 3 heteroatoms. The molecule has 108 valence electrons. The monoisotopic (exact) mass is 256 g/mol. The summed E-state index contributed by atoms with van der Waals surface area (Å²) >= 11 is 0. The Labute approximate surface area is 113 Å². The number of hydrogen-bond donors (Lipinski definition) is 1. The summed E-state index contributed by atoms with van der Waals surface area (Å²) in [5.41, 5.74) is 0. The van der Waals surface area contributed by atoms with Crippen LogP contribution in [0, 0.1) is 11.8 Å². The van der Waals surface area contributed by atoms with Crippen molar-refractivity contribution in [3.05, 3.63) is 0 Å². The Hall–Kier alpha value is -0.120. The fourth-order valence-electron chi connectivity index (χ4n) is 2.48. The Balaban J connectivity index is 2.21.